The number of nitrogens with zero attached hydrogens (tertiary/aromatic N) is 3. The van der Waals surface area contributed by atoms with Gasteiger partial charge in [0, 0.05) is 10.7 Å². The number of benzene rings is 3. The van der Waals surface area contributed by atoms with Crippen LogP contribution in [0.3, 0.4) is 0 Å². The Balaban J connectivity index is 2.02. The van der Waals surface area contributed by atoms with E-state index in [0.717, 1.165) is 21.3 Å². The SMILES string of the molecule is CCOC(=O)n1c(=O)n(C(c2ccccc2)(c2ccccc2)c2ccccc2)c2ncc(Br)cc21. The Hall–Kier alpha value is -3.97. The minimum absolute atomic E-state index is 0.139. The molecule has 2 heterocycles. The van der Waals surface area contributed by atoms with Gasteiger partial charge in [-0.05, 0) is 45.6 Å². The first-order valence-electron chi connectivity index (χ1n) is 11.2. The number of imidazole rings is 1. The molecule has 174 valence electrons. The van der Waals surface area contributed by atoms with Crippen LogP contribution in [0.15, 0.2) is 113 Å². The first-order valence-corrected chi connectivity index (χ1v) is 12.0. The van der Waals surface area contributed by atoms with Gasteiger partial charge >= 0.3 is 11.8 Å². The van der Waals surface area contributed by atoms with Crippen LogP contribution in [0.5, 0.6) is 0 Å². The zero-order valence-electron chi connectivity index (χ0n) is 19.0. The van der Waals surface area contributed by atoms with Crippen molar-refractivity contribution in [2.24, 2.45) is 0 Å². The molecule has 7 heteroatoms. The van der Waals surface area contributed by atoms with E-state index in [0.29, 0.717) is 15.6 Å². The zero-order valence-corrected chi connectivity index (χ0v) is 20.6. The van der Waals surface area contributed by atoms with Crippen LogP contribution in [0.4, 0.5) is 4.79 Å². The number of carbonyl (C=O) groups is 1. The minimum atomic E-state index is -1.11. The van der Waals surface area contributed by atoms with Crippen molar-refractivity contribution in [1.29, 1.82) is 0 Å². The fraction of sp³-hybridized carbons (Fsp3) is 0.107. The lowest BCUT2D eigenvalue weighted by Gasteiger charge is -2.36. The lowest BCUT2D eigenvalue weighted by molar-refractivity contribution is 0.153. The summed E-state index contributed by atoms with van der Waals surface area (Å²) in [6.45, 7) is 1.85. The second-order valence-electron chi connectivity index (χ2n) is 7.96. The lowest BCUT2D eigenvalue weighted by Crippen LogP contribution is -2.45. The number of carbonyl (C=O) groups excluding carboxylic acids is 1. The molecule has 0 spiro atoms. The molecule has 0 bridgehead atoms. The third-order valence-corrected chi connectivity index (χ3v) is 6.44. The quantitative estimate of drug-likeness (QED) is 0.270. The molecule has 3 aromatic carbocycles. The number of hydrogen-bond acceptors (Lipinski definition) is 4. The molecule has 0 aliphatic rings. The molecule has 35 heavy (non-hydrogen) atoms. The molecule has 0 saturated heterocycles. The van der Waals surface area contributed by atoms with Gasteiger partial charge in [0.25, 0.3) is 0 Å². The van der Waals surface area contributed by atoms with E-state index in [-0.39, 0.29) is 6.61 Å². The third kappa shape index (κ3) is 3.68. The van der Waals surface area contributed by atoms with Gasteiger partial charge in [0.2, 0.25) is 0 Å². The molecule has 6 nitrogen and oxygen atoms in total. The first kappa shape index (κ1) is 22.8. The van der Waals surface area contributed by atoms with Crippen LogP contribution in [-0.4, -0.2) is 26.8 Å². The van der Waals surface area contributed by atoms with Gasteiger partial charge in [0.1, 0.15) is 11.1 Å². The minimum Gasteiger partial charge on any atom is -0.449 e. The van der Waals surface area contributed by atoms with Crippen molar-refractivity contribution in [3.05, 3.63) is 135 Å². The summed E-state index contributed by atoms with van der Waals surface area (Å²) in [4.78, 5) is 31.9. The Kier molecular flexibility index (Phi) is 6.09. The molecule has 0 aliphatic heterocycles. The highest BCUT2D eigenvalue weighted by molar-refractivity contribution is 9.10. The van der Waals surface area contributed by atoms with Crippen molar-refractivity contribution in [1.82, 2.24) is 14.1 Å². The summed E-state index contributed by atoms with van der Waals surface area (Å²) in [6.07, 6.45) is 0.878. The van der Waals surface area contributed by atoms with E-state index in [1.165, 1.54) is 0 Å². The highest BCUT2D eigenvalue weighted by Gasteiger charge is 2.42. The lowest BCUT2D eigenvalue weighted by atomic mass is 9.76. The number of rotatable bonds is 5. The standard InChI is InChI=1S/C28H22BrN3O3/c1-2-35-27(34)31-24-18-23(29)19-30-25(24)32(26(31)33)28(20-12-6-3-7-13-20,21-14-8-4-9-15-21)22-16-10-5-11-17-22/h3-19H,2H2,1H3. The normalized spacial score (nSPS) is 11.5. The number of fused-ring (bicyclic) bond motifs is 1. The maximum atomic E-state index is 14.3. The average Bonchev–Trinajstić information content (AvgIpc) is 3.18. The molecular weight excluding hydrogens is 506 g/mol. The smallest absolute Gasteiger partial charge is 0.422 e. The van der Waals surface area contributed by atoms with Crippen molar-refractivity contribution in [3.63, 3.8) is 0 Å². The van der Waals surface area contributed by atoms with Crippen molar-refractivity contribution in [2.75, 3.05) is 6.61 Å². The van der Waals surface area contributed by atoms with Gasteiger partial charge < -0.3 is 4.74 Å². The Labute approximate surface area is 210 Å². The third-order valence-electron chi connectivity index (χ3n) is 6.01. The number of aromatic nitrogens is 3. The van der Waals surface area contributed by atoms with Crippen molar-refractivity contribution >= 4 is 33.2 Å². The summed E-state index contributed by atoms with van der Waals surface area (Å²) < 4.78 is 8.57. The molecule has 0 atom stereocenters. The number of ether oxygens (including phenoxy) is 1. The van der Waals surface area contributed by atoms with Crippen LogP contribution in [0.25, 0.3) is 11.2 Å². The van der Waals surface area contributed by atoms with E-state index < -0.39 is 17.3 Å². The molecule has 5 aromatic rings. The number of hydrogen-bond donors (Lipinski definition) is 0. The van der Waals surface area contributed by atoms with Crippen LogP contribution < -0.4 is 5.69 Å². The molecule has 0 unspecified atom stereocenters. The first-order chi connectivity index (χ1) is 17.1. The maximum Gasteiger partial charge on any atom is 0.422 e. The molecule has 5 rings (SSSR count). The van der Waals surface area contributed by atoms with Crippen molar-refractivity contribution in [3.8, 4) is 0 Å². The number of pyridine rings is 1. The van der Waals surface area contributed by atoms with Crippen LogP contribution >= 0.6 is 15.9 Å². The fourth-order valence-corrected chi connectivity index (χ4v) is 4.96. The summed E-state index contributed by atoms with van der Waals surface area (Å²) in [5.41, 5.74) is 1.63. The Morgan fingerprint density at radius 3 is 1.83 bits per heavy atom. The van der Waals surface area contributed by atoms with E-state index in [1.807, 2.05) is 91.0 Å². The summed E-state index contributed by atoms with van der Waals surface area (Å²) in [7, 11) is 0. The fourth-order valence-electron chi connectivity index (χ4n) is 4.64. The monoisotopic (exact) mass is 527 g/mol. The van der Waals surface area contributed by atoms with Gasteiger partial charge in [-0.25, -0.2) is 14.6 Å². The summed E-state index contributed by atoms with van der Waals surface area (Å²) in [5.74, 6) is 0. The van der Waals surface area contributed by atoms with Crippen LogP contribution in [0.2, 0.25) is 0 Å². The number of halogens is 1. The highest BCUT2D eigenvalue weighted by Crippen LogP contribution is 2.41. The van der Waals surface area contributed by atoms with Gasteiger partial charge in [-0.1, -0.05) is 91.0 Å². The largest absolute Gasteiger partial charge is 0.449 e. The van der Waals surface area contributed by atoms with E-state index in [9.17, 15) is 9.59 Å². The van der Waals surface area contributed by atoms with Crippen LogP contribution in [0.1, 0.15) is 23.6 Å². The molecule has 0 fully saturated rings. The summed E-state index contributed by atoms with van der Waals surface area (Å²) in [6, 6.07) is 31.1. The second kappa shape index (κ2) is 9.35. The molecule has 0 aliphatic carbocycles. The second-order valence-corrected chi connectivity index (χ2v) is 8.87. The van der Waals surface area contributed by atoms with E-state index in [1.54, 1.807) is 23.8 Å². The molecule has 0 radical (unpaired) electrons. The Bertz CT molecular complexity index is 1450. The Morgan fingerprint density at radius 2 is 1.37 bits per heavy atom. The van der Waals surface area contributed by atoms with Crippen molar-refractivity contribution < 1.29 is 9.53 Å². The maximum absolute atomic E-state index is 14.3. The van der Waals surface area contributed by atoms with Crippen LogP contribution in [-0.2, 0) is 10.3 Å². The van der Waals surface area contributed by atoms with Gasteiger partial charge in [-0.3, -0.25) is 4.57 Å². The average molecular weight is 528 g/mol. The van der Waals surface area contributed by atoms with Crippen molar-refractivity contribution in [2.45, 2.75) is 12.5 Å². The van der Waals surface area contributed by atoms with Gasteiger partial charge in [-0.15, -0.1) is 0 Å². The predicted octanol–water partition coefficient (Wildman–Crippen LogP) is 5.81. The van der Waals surface area contributed by atoms with E-state index >= 15 is 0 Å². The topological polar surface area (TPSA) is 66.1 Å². The zero-order chi connectivity index (χ0) is 24.4. The predicted molar refractivity (Wildman–Crippen MR) is 139 cm³/mol. The molecular formula is C28H22BrN3O3. The van der Waals surface area contributed by atoms with Gasteiger partial charge in [-0.2, -0.15) is 4.57 Å². The molecule has 0 N–H and O–H groups in total. The Morgan fingerprint density at radius 1 is 0.886 bits per heavy atom. The van der Waals surface area contributed by atoms with E-state index in [4.69, 9.17) is 4.74 Å². The van der Waals surface area contributed by atoms with Crippen LogP contribution in [0, 0.1) is 0 Å². The summed E-state index contributed by atoms with van der Waals surface area (Å²) >= 11 is 3.43. The molecule has 2 aromatic heterocycles. The highest BCUT2D eigenvalue weighted by atomic mass is 79.9. The van der Waals surface area contributed by atoms with E-state index in [2.05, 4.69) is 20.9 Å². The van der Waals surface area contributed by atoms with Gasteiger partial charge in [0.05, 0.1) is 6.61 Å². The van der Waals surface area contributed by atoms with Gasteiger partial charge in [0.15, 0.2) is 5.65 Å². The molecule has 0 amide bonds. The molecule has 0 saturated carbocycles. The summed E-state index contributed by atoms with van der Waals surface area (Å²) in [5, 5.41) is 0.